The summed E-state index contributed by atoms with van der Waals surface area (Å²) in [6.07, 6.45) is 1.42. The molecule has 5 heteroatoms. The second-order valence-electron chi connectivity index (χ2n) is 6.01. The van der Waals surface area contributed by atoms with Gasteiger partial charge in [-0.2, -0.15) is 0 Å². The maximum atomic E-state index is 12.1. The number of nitrogens with one attached hydrogen (secondary N) is 1. The van der Waals surface area contributed by atoms with Crippen LogP contribution < -0.4 is 11.1 Å². The van der Waals surface area contributed by atoms with E-state index in [0.29, 0.717) is 12.8 Å². The van der Waals surface area contributed by atoms with E-state index in [1.165, 1.54) is 7.05 Å². The van der Waals surface area contributed by atoms with Crippen molar-refractivity contribution in [2.75, 3.05) is 7.05 Å². The minimum atomic E-state index is -0.568. The fourth-order valence-corrected chi connectivity index (χ4v) is 3.12. The summed E-state index contributed by atoms with van der Waals surface area (Å²) >= 11 is 0. The molecule has 3 N–H and O–H groups in total. The van der Waals surface area contributed by atoms with Crippen LogP contribution >= 0.6 is 0 Å². The number of piperidine rings is 1. The van der Waals surface area contributed by atoms with Crippen LogP contribution in [0.15, 0.2) is 0 Å². The Labute approximate surface area is 103 Å². The number of rotatable bonds is 0. The van der Waals surface area contributed by atoms with Gasteiger partial charge in [0.25, 0.3) is 0 Å². The van der Waals surface area contributed by atoms with Gasteiger partial charge in [0.05, 0.1) is 0 Å². The normalized spacial score (nSPS) is 23.3. The number of carbonyl (C=O) groups is 2. The monoisotopic (exact) mass is 241 g/mol. The molecule has 98 valence electrons. The summed E-state index contributed by atoms with van der Waals surface area (Å²) in [6, 6.07) is 0.0636. The van der Waals surface area contributed by atoms with E-state index in [1.54, 1.807) is 4.90 Å². The third-order valence-electron chi connectivity index (χ3n) is 3.36. The lowest BCUT2D eigenvalue weighted by atomic mass is 9.77. The molecule has 1 rings (SSSR count). The molecule has 0 unspecified atom stereocenters. The summed E-state index contributed by atoms with van der Waals surface area (Å²) in [5.41, 5.74) is 5.22. The van der Waals surface area contributed by atoms with Gasteiger partial charge >= 0.3 is 11.8 Å². The minimum absolute atomic E-state index is 0.0636. The number of hydrogen-bond acceptors (Lipinski definition) is 3. The fraction of sp³-hybridized carbons (Fsp3) is 0.833. The van der Waals surface area contributed by atoms with E-state index < -0.39 is 22.9 Å². The molecule has 5 nitrogen and oxygen atoms in total. The van der Waals surface area contributed by atoms with Crippen LogP contribution in [-0.4, -0.2) is 40.9 Å². The highest BCUT2D eigenvalue weighted by molar-refractivity contribution is 6.35. The van der Waals surface area contributed by atoms with Gasteiger partial charge in [-0.25, -0.2) is 0 Å². The van der Waals surface area contributed by atoms with E-state index in [9.17, 15) is 9.59 Å². The van der Waals surface area contributed by atoms with Crippen LogP contribution in [0.1, 0.15) is 40.5 Å². The first-order valence-corrected chi connectivity index (χ1v) is 5.94. The second-order valence-corrected chi connectivity index (χ2v) is 6.01. The molecule has 0 atom stereocenters. The summed E-state index contributed by atoms with van der Waals surface area (Å²) in [5, 5.41) is 2.39. The van der Waals surface area contributed by atoms with Crippen LogP contribution in [0.5, 0.6) is 0 Å². The van der Waals surface area contributed by atoms with E-state index in [4.69, 9.17) is 5.73 Å². The highest BCUT2D eigenvalue weighted by atomic mass is 16.2. The predicted octanol–water partition coefficient (Wildman–Crippen LogP) is 0.239. The Kier molecular flexibility index (Phi) is 3.52. The lowest BCUT2D eigenvalue weighted by Crippen LogP contribution is -2.67. The molecule has 0 radical (unpaired) electrons. The van der Waals surface area contributed by atoms with E-state index in [1.807, 2.05) is 27.7 Å². The van der Waals surface area contributed by atoms with Crippen molar-refractivity contribution in [3.05, 3.63) is 0 Å². The lowest BCUT2D eigenvalue weighted by molar-refractivity contribution is -0.158. The highest BCUT2D eigenvalue weighted by Gasteiger charge is 2.48. The van der Waals surface area contributed by atoms with Gasteiger partial charge in [-0.05, 0) is 40.5 Å². The molecule has 0 aromatic rings. The zero-order valence-electron chi connectivity index (χ0n) is 11.3. The smallest absolute Gasteiger partial charge is 0.312 e. The number of amides is 2. The van der Waals surface area contributed by atoms with Crippen LogP contribution in [0.4, 0.5) is 0 Å². The largest absolute Gasteiger partial charge is 0.351 e. The molecular formula is C12H23N3O2. The summed E-state index contributed by atoms with van der Waals surface area (Å²) in [4.78, 5) is 25.3. The van der Waals surface area contributed by atoms with Gasteiger partial charge in [0, 0.05) is 24.2 Å². The number of carbonyl (C=O) groups excluding carboxylic acids is 2. The molecule has 1 fully saturated rings. The van der Waals surface area contributed by atoms with Crippen molar-refractivity contribution in [1.82, 2.24) is 10.2 Å². The van der Waals surface area contributed by atoms with Gasteiger partial charge < -0.3 is 16.0 Å². The van der Waals surface area contributed by atoms with Gasteiger partial charge in [0.1, 0.15) is 0 Å². The van der Waals surface area contributed by atoms with Crippen molar-refractivity contribution in [3.63, 3.8) is 0 Å². The van der Waals surface area contributed by atoms with Crippen molar-refractivity contribution in [2.24, 2.45) is 5.73 Å². The number of likely N-dealkylation sites (tertiary alicyclic amines) is 1. The van der Waals surface area contributed by atoms with E-state index in [-0.39, 0.29) is 6.04 Å². The summed E-state index contributed by atoms with van der Waals surface area (Å²) in [5.74, 6) is -1.05. The molecule has 0 spiro atoms. The molecule has 0 aromatic carbocycles. The average molecular weight is 241 g/mol. The first-order valence-electron chi connectivity index (χ1n) is 5.94. The zero-order valence-corrected chi connectivity index (χ0v) is 11.3. The van der Waals surface area contributed by atoms with Crippen LogP contribution in [0.2, 0.25) is 0 Å². The maximum absolute atomic E-state index is 12.1. The number of likely N-dealkylation sites (N-methyl/N-ethyl adjacent to an activating group) is 1. The Balaban J connectivity index is 3.09. The maximum Gasteiger partial charge on any atom is 0.312 e. The lowest BCUT2D eigenvalue weighted by Gasteiger charge is -2.54. The van der Waals surface area contributed by atoms with Gasteiger partial charge in [0.2, 0.25) is 0 Å². The summed E-state index contributed by atoms with van der Waals surface area (Å²) in [6.45, 7) is 7.81. The molecular weight excluding hydrogens is 218 g/mol. The van der Waals surface area contributed by atoms with Gasteiger partial charge in [-0.3, -0.25) is 9.59 Å². The van der Waals surface area contributed by atoms with Crippen molar-refractivity contribution < 1.29 is 9.59 Å². The van der Waals surface area contributed by atoms with Crippen LogP contribution in [0, 0.1) is 0 Å². The Morgan fingerprint density at radius 2 is 1.59 bits per heavy atom. The van der Waals surface area contributed by atoms with Gasteiger partial charge in [-0.1, -0.05) is 0 Å². The topological polar surface area (TPSA) is 75.4 Å². The van der Waals surface area contributed by atoms with Crippen molar-refractivity contribution in [2.45, 2.75) is 57.7 Å². The van der Waals surface area contributed by atoms with Gasteiger partial charge in [0.15, 0.2) is 0 Å². The molecule has 1 aliphatic rings. The van der Waals surface area contributed by atoms with Gasteiger partial charge in [-0.15, -0.1) is 0 Å². The Bertz CT molecular complexity index is 319. The zero-order chi connectivity index (χ0) is 13.4. The molecule has 17 heavy (non-hydrogen) atoms. The Morgan fingerprint density at radius 1 is 1.18 bits per heavy atom. The molecule has 0 saturated carbocycles. The van der Waals surface area contributed by atoms with E-state index in [0.717, 1.165) is 0 Å². The standard InChI is InChI=1S/C12H23N3O2/c1-11(2)6-8(13)7-12(3,4)15(11)10(17)9(16)14-5/h8H,6-7,13H2,1-5H3,(H,14,16). The third kappa shape index (κ3) is 2.60. The van der Waals surface area contributed by atoms with E-state index >= 15 is 0 Å². The van der Waals surface area contributed by atoms with Crippen LogP contribution in [0.3, 0.4) is 0 Å². The molecule has 1 heterocycles. The summed E-state index contributed by atoms with van der Waals surface area (Å²) in [7, 11) is 1.47. The molecule has 1 saturated heterocycles. The third-order valence-corrected chi connectivity index (χ3v) is 3.36. The molecule has 1 aliphatic heterocycles. The quantitative estimate of drug-likeness (QED) is 0.596. The minimum Gasteiger partial charge on any atom is -0.351 e. The number of nitrogens with zero attached hydrogens (tertiary/aromatic N) is 1. The second kappa shape index (κ2) is 4.29. The molecule has 0 bridgehead atoms. The number of hydrogen-bond donors (Lipinski definition) is 2. The van der Waals surface area contributed by atoms with E-state index in [2.05, 4.69) is 5.32 Å². The SMILES string of the molecule is CNC(=O)C(=O)N1C(C)(C)CC(N)CC1(C)C. The molecule has 0 aliphatic carbocycles. The van der Waals surface area contributed by atoms with Crippen molar-refractivity contribution in [3.8, 4) is 0 Å². The van der Waals surface area contributed by atoms with Crippen LogP contribution in [-0.2, 0) is 9.59 Å². The fourth-order valence-electron chi connectivity index (χ4n) is 3.12. The average Bonchev–Trinajstić information content (AvgIpc) is 2.11. The number of nitrogens with two attached hydrogens (primary N) is 1. The highest BCUT2D eigenvalue weighted by Crippen LogP contribution is 2.37. The van der Waals surface area contributed by atoms with Crippen molar-refractivity contribution in [1.29, 1.82) is 0 Å². The summed E-state index contributed by atoms with van der Waals surface area (Å²) < 4.78 is 0. The Hall–Kier alpha value is -1.10. The first-order chi connectivity index (χ1) is 7.62. The molecule has 2 amide bonds. The Morgan fingerprint density at radius 3 is 1.94 bits per heavy atom. The molecule has 0 aromatic heterocycles. The van der Waals surface area contributed by atoms with Crippen LogP contribution in [0.25, 0.3) is 0 Å². The predicted molar refractivity (Wildman–Crippen MR) is 66.3 cm³/mol. The first kappa shape index (κ1) is 14.0. The van der Waals surface area contributed by atoms with Crippen molar-refractivity contribution >= 4 is 11.8 Å².